The highest BCUT2D eigenvalue weighted by Crippen LogP contribution is 2.34. The molecule has 5 rings (SSSR count). The number of likely N-dealkylation sites (tertiary alicyclic amines) is 1. The predicted octanol–water partition coefficient (Wildman–Crippen LogP) is 4.30. The van der Waals surface area contributed by atoms with Gasteiger partial charge >= 0.3 is 0 Å². The molecule has 0 radical (unpaired) electrons. The molecule has 1 saturated carbocycles. The Kier molecular flexibility index (Phi) is 8.99. The van der Waals surface area contributed by atoms with Crippen molar-refractivity contribution in [1.82, 2.24) is 20.4 Å². The number of halogens is 1. The molecular weight excluding hydrogens is 629 g/mol. The van der Waals surface area contributed by atoms with E-state index in [-0.39, 0.29) is 28.7 Å². The molecule has 2 aromatic carbocycles. The minimum atomic E-state index is -3.72. The molecule has 1 aromatic heterocycles. The van der Waals surface area contributed by atoms with Crippen molar-refractivity contribution in [3.63, 3.8) is 0 Å². The second-order valence-electron chi connectivity index (χ2n) is 10.5. The number of hydrogen-bond donors (Lipinski definition) is 2. The van der Waals surface area contributed by atoms with Gasteiger partial charge in [-0.3, -0.25) is 9.69 Å². The topological polar surface area (TPSA) is 131 Å². The van der Waals surface area contributed by atoms with Crippen LogP contribution in [-0.2, 0) is 21.2 Å². The third-order valence-electron chi connectivity index (χ3n) is 7.79. The van der Waals surface area contributed by atoms with E-state index < -0.39 is 10.0 Å². The normalized spacial score (nSPS) is 21.3. The van der Waals surface area contributed by atoms with Gasteiger partial charge in [0, 0.05) is 24.8 Å². The summed E-state index contributed by atoms with van der Waals surface area (Å²) in [5.41, 5.74) is 2.04. The average molecular weight is 664 g/mol. The first-order chi connectivity index (χ1) is 18.8. The predicted molar refractivity (Wildman–Crippen MR) is 156 cm³/mol. The Labute approximate surface area is 243 Å². The quantitative estimate of drug-likeness (QED) is 0.188. The summed E-state index contributed by atoms with van der Waals surface area (Å²) in [6.45, 7) is 1.82. The van der Waals surface area contributed by atoms with E-state index >= 15 is 0 Å². The number of nitrogens with two attached hydrogens (primary N) is 1. The van der Waals surface area contributed by atoms with E-state index in [0.29, 0.717) is 22.2 Å². The zero-order valence-corrected chi connectivity index (χ0v) is 24.7. The maximum absolute atomic E-state index is 12.7. The van der Waals surface area contributed by atoms with E-state index in [1.54, 1.807) is 12.1 Å². The fourth-order valence-corrected chi connectivity index (χ4v) is 6.87. The highest BCUT2D eigenvalue weighted by atomic mass is 127. The summed E-state index contributed by atoms with van der Waals surface area (Å²) in [5.74, 6) is 1.78. The lowest BCUT2D eigenvalue weighted by Gasteiger charge is -2.36. The molecule has 39 heavy (non-hydrogen) atoms. The van der Waals surface area contributed by atoms with Gasteiger partial charge in [0.15, 0.2) is 5.82 Å². The molecule has 3 aromatic rings. The molecular formula is C28H34IN5O4S. The van der Waals surface area contributed by atoms with Crippen molar-refractivity contribution in [3.8, 4) is 0 Å². The van der Waals surface area contributed by atoms with Crippen LogP contribution in [0.1, 0.15) is 73.3 Å². The maximum atomic E-state index is 12.7. The van der Waals surface area contributed by atoms with Crippen molar-refractivity contribution < 1.29 is 17.7 Å². The number of aromatic nitrogens is 2. The summed E-state index contributed by atoms with van der Waals surface area (Å²) in [5, 5.41) is 12.7. The number of benzene rings is 2. The monoisotopic (exact) mass is 663 g/mol. The zero-order valence-electron chi connectivity index (χ0n) is 21.7. The van der Waals surface area contributed by atoms with Gasteiger partial charge in [-0.25, -0.2) is 13.6 Å². The first-order valence-electron chi connectivity index (χ1n) is 13.4. The average Bonchev–Trinajstić information content (AvgIpc) is 3.35. The SMILES string of the molecule is NS(=O)(=O)c1ccc(Cc2noc(C3CCN(CC[C@H](NC(=O)C4CCC4)c4ccccc4)C(I)C3)n2)cc1. The van der Waals surface area contributed by atoms with Crippen LogP contribution in [0.25, 0.3) is 0 Å². The fraction of sp³-hybridized carbons (Fsp3) is 0.464. The van der Waals surface area contributed by atoms with Crippen LogP contribution in [0, 0.1) is 5.92 Å². The Balaban J connectivity index is 1.15. The number of hydrogen-bond acceptors (Lipinski definition) is 7. The van der Waals surface area contributed by atoms with Gasteiger partial charge < -0.3 is 9.84 Å². The van der Waals surface area contributed by atoms with Crippen molar-refractivity contribution in [1.29, 1.82) is 0 Å². The Morgan fingerprint density at radius 3 is 2.51 bits per heavy atom. The molecule has 3 atom stereocenters. The van der Waals surface area contributed by atoms with Crippen LogP contribution < -0.4 is 10.5 Å². The van der Waals surface area contributed by atoms with Crippen LogP contribution in [0.3, 0.4) is 0 Å². The summed E-state index contributed by atoms with van der Waals surface area (Å²) in [6.07, 6.45) is 6.30. The van der Waals surface area contributed by atoms with Gasteiger partial charge in [0.05, 0.1) is 15.0 Å². The van der Waals surface area contributed by atoms with Gasteiger partial charge in [0.25, 0.3) is 0 Å². The molecule has 1 aliphatic heterocycles. The van der Waals surface area contributed by atoms with Crippen LogP contribution in [-0.4, -0.2) is 46.5 Å². The van der Waals surface area contributed by atoms with Crippen LogP contribution in [0.5, 0.6) is 0 Å². The van der Waals surface area contributed by atoms with E-state index in [9.17, 15) is 13.2 Å². The van der Waals surface area contributed by atoms with Gasteiger partial charge in [-0.05, 0) is 61.9 Å². The second-order valence-corrected chi connectivity index (χ2v) is 13.5. The molecule has 208 valence electrons. The third kappa shape index (κ3) is 7.24. The Bertz CT molecular complexity index is 1360. The maximum Gasteiger partial charge on any atom is 0.238 e. The van der Waals surface area contributed by atoms with Gasteiger partial charge in [-0.2, -0.15) is 4.98 Å². The lowest BCUT2D eigenvalue weighted by Crippen LogP contribution is -2.42. The van der Waals surface area contributed by atoms with Crippen molar-refractivity contribution in [2.45, 2.75) is 65.8 Å². The first-order valence-corrected chi connectivity index (χ1v) is 16.2. The van der Waals surface area contributed by atoms with Gasteiger partial charge in [-0.15, -0.1) is 0 Å². The number of amides is 1. The molecule has 2 unspecified atom stereocenters. The minimum absolute atomic E-state index is 0.0122. The lowest BCUT2D eigenvalue weighted by molar-refractivity contribution is -0.128. The largest absolute Gasteiger partial charge is 0.349 e. The molecule has 2 fully saturated rings. The van der Waals surface area contributed by atoms with Crippen LogP contribution in [0.2, 0.25) is 0 Å². The number of alkyl halides is 1. The summed E-state index contributed by atoms with van der Waals surface area (Å²) in [7, 11) is -3.72. The molecule has 1 saturated heterocycles. The number of carbonyl (C=O) groups excluding carboxylic acids is 1. The molecule has 1 aliphatic carbocycles. The first kappa shape index (κ1) is 28.2. The summed E-state index contributed by atoms with van der Waals surface area (Å²) in [6, 6.07) is 16.7. The Morgan fingerprint density at radius 2 is 1.87 bits per heavy atom. The molecule has 0 bridgehead atoms. The Hall–Kier alpha value is -2.35. The number of piperidine rings is 1. The van der Waals surface area contributed by atoms with E-state index in [2.05, 4.69) is 55.1 Å². The zero-order chi connectivity index (χ0) is 27.4. The molecule has 9 nitrogen and oxygen atoms in total. The number of nitrogens with one attached hydrogen (secondary N) is 1. The third-order valence-corrected chi connectivity index (χ3v) is 10.0. The standard InChI is InChI=1S/C28H34IN5O4S/c29-25-18-22(28-32-26(33-38-28)17-19-9-11-23(12-10-19)39(30,36)37)13-15-34(25)16-14-24(20-5-2-1-3-6-20)31-27(35)21-7-4-8-21/h1-3,5-6,9-12,21-22,24-25H,4,7-8,13-18H2,(H,31,35)(H2,30,36,37)/t22?,24-,25?/m0/s1. The number of carbonyl (C=O) groups is 1. The van der Waals surface area contributed by atoms with Crippen molar-refractivity contribution >= 4 is 38.5 Å². The molecule has 2 heterocycles. The summed E-state index contributed by atoms with van der Waals surface area (Å²) in [4.78, 5) is 19.9. The molecule has 1 amide bonds. The molecule has 3 N–H and O–H groups in total. The van der Waals surface area contributed by atoms with Gasteiger partial charge in [0.2, 0.25) is 21.8 Å². The Morgan fingerprint density at radius 1 is 1.13 bits per heavy atom. The highest BCUT2D eigenvalue weighted by molar-refractivity contribution is 14.1. The molecule has 2 aliphatic rings. The van der Waals surface area contributed by atoms with Crippen LogP contribution in [0.15, 0.2) is 64.0 Å². The van der Waals surface area contributed by atoms with E-state index in [1.807, 2.05) is 18.2 Å². The number of rotatable bonds is 10. The van der Waals surface area contributed by atoms with Crippen molar-refractivity contribution in [3.05, 3.63) is 77.4 Å². The van der Waals surface area contributed by atoms with E-state index in [4.69, 9.17) is 9.66 Å². The van der Waals surface area contributed by atoms with E-state index in [1.165, 1.54) is 12.1 Å². The molecule has 11 heteroatoms. The molecule has 0 spiro atoms. The summed E-state index contributed by atoms with van der Waals surface area (Å²) < 4.78 is 28.9. The number of nitrogens with zero attached hydrogens (tertiary/aromatic N) is 3. The minimum Gasteiger partial charge on any atom is -0.349 e. The van der Waals surface area contributed by atoms with Crippen molar-refractivity contribution in [2.24, 2.45) is 11.1 Å². The fourth-order valence-electron chi connectivity index (χ4n) is 5.19. The van der Waals surface area contributed by atoms with Crippen molar-refractivity contribution in [2.75, 3.05) is 13.1 Å². The highest BCUT2D eigenvalue weighted by Gasteiger charge is 2.32. The van der Waals surface area contributed by atoms with Gasteiger partial charge in [-0.1, -0.05) is 76.6 Å². The number of primary sulfonamides is 1. The van der Waals surface area contributed by atoms with Crippen LogP contribution >= 0.6 is 22.6 Å². The number of sulfonamides is 1. The van der Waals surface area contributed by atoms with Crippen LogP contribution in [0.4, 0.5) is 0 Å². The van der Waals surface area contributed by atoms with Gasteiger partial charge in [0.1, 0.15) is 0 Å². The summed E-state index contributed by atoms with van der Waals surface area (Å²) >= 11 is 2.50. The lowest BCUT2D eigenvalue weighted by atomic mass is 9.84. The van der Waals surface area contributed by atoms with E-state index in [0.717, 1.165) is 62.7 Å². The second kappa shape index (κ2) is 12.4. The smallest absolute Gasteiger partial charge is 0.238 e.